The number of rotatable bonds is 4. The molecule has 0 radical (unpaired) electrons. The Morgan fingerprint density at radius 3 is 2.62 bits per heavy atom. The van der Waals surface area contributed by atoms with Crippen LogP contribution in [0.5, 0.6) is 11.5 Å². The van der Waals surface area contributed by atoms with E-state index in [2.05, 4.69) is 5.32 Å². The molecule has 0 aliphatic carbocycles. The van der Waals surface area contributed by atoms with Gasteiger partial charge in [0.25, 0.3) is 0 Å². The number of allylic oxidation sites excluding steroid dienone is 1. The normalized spacial score (nSPS) is 16.8. The van der Waals surface area contributed by atoms with E-state index in [1.807, 2.05) is 6.07 Å². The van der Waals surface area contributed by atoms with Gasteiger partial charge < -0.3 is 24.6 Å². The fourth-order valence-electron chi connectivity index (χ4n) is 2.62. The summed E-state index contributed by atoms with van der Waals surface area (Å²) in [6.45, 7) is 0.140. The van der Waals surface area contributed by atoms with E-state index in [1.165, 1.54) is 6.08 Å². The maximum absolute atomic E-state index is 12.5. The number of ketones is 1. The van der Waals surface area contributed by atoms with Gasteiger partial charge >= 0.3 is 5.97 Å². The summed E-state index contributed by atoms with van der Waals surface area (Å²) in [4.78, 5) is 24.0. The minimum absolute atomic E-state index is 0.0836. The van der Waals surface area contributed by atoms with Gasteiger partial charge in [0, 0.05) is 5.69 Å². The van der Waals surface area contributed by atoms with Crippen molar-refractivity contribution in [3.05, 3.63) is 71.3 Å². The molecule has 0 aromatic heterocycles. The van der Waals surface area contributed by atoms with Crippen LogP contribution in [0.1, 0.15) is 5.56 Å². The van der Waals surface area contributed by atoms with E-state index in [1.54, 1.807) is 42.5 Å². The molecule has 2 aromatic rings. The van der Waals surface area contributed by atoms with Gasteiger partial charge in [-0.05, 0) is 35.9 Å². The van der Waals surface area contributed by atoms with Gasteiger partial charge in [-0.25, -0.2) is 4.79 Å². The molecule has 130 valence electrons. The number of hydrogen-bond acceptors (Lipinski definition) is 6. The monoisotopic (exact) mass is 351 g/mol. The van der Waals surface area contributed by atoms with E-state index in [-0.39, 0.29) is 18.4 Å². The molecule has 2 heterocycles. The van der Waals surface area contributed by atoms with Crippen LogP contribution in [-0.4, -0.2) is 23.7 Å². The molecule has 0 saturated heterocycles. The minimum Gasteiger partial charge on any atom is -0.477 e. The number of ether oxygens (including phenoxy) is 3. The number of carbonyl (C=O) groups is 2. The summed E-state index contributed by atoms with van der Waals surface area (Å²) in [7, 11) is 0. The molecule has 0 amide bonds. The van der Waals surface area contributed by atoms with E-state index in [9.17, 15) is 14.7 Å². The Bertz CT molecular complexity index is 961. The summed E-state index contributed by atoms with van der Waals surface area (Å²) in [5, 5.41) is 12.2. The molecule has 0 saturated carbocycles. The summed E-state index contributed by atoms with van der Waals surface area (Å²) in [6, 6.07) is 14.0. The maximum Gasteiger partial charge on any atom is 0.345 e. The number of benzene rings is 2. The quantitative estimate of drug-likeness (QED) is 0.646. The van der Waals surface area contributed by atoms with Crippen LogP contribution in [-0.2, 0) is 14.3 Å². The van der Waals surface area contributed by atoms with Crippen LogP contribution < -0.4 is 14.8 Å². The van der Waals surface area contributed by atoms with Gasteiger partial charge in [0.05, 0.1) is 0 Å². The molecule has 26 heavy (non-hydrogen) atoms. The molecule has 7 nitrogen and oxygen atoms in total. The topological polar surface area (TPSA) is 94.1 Å². The summed E-state index contributed by atoms with van der Waals surface area (Å²) in [5.41, 5.74) is 0.794. The van der Waals surface area contributed by atoms with Crippen molar-refractivity contribution in [3.8, 4) is 11.5 Å². The zero-order valence-corrected chi connectivity index (χ0v) is 13.4. The number of aliphatic carboxylic acids is 1. The number of carboxylic acids is 1. The molecule has 7 heteroatoms. The van der Waals surface area contributed by atoms with Crippen molar-refractivity contribution in [2.24, 2.45) is 0 Å². The summed E-state index contributed by atoms with van der Waals surface area (Å²) < 4.78 is 16.0. The highest BCUT2D eigenvalue weighted by Gasteiger charge is 2.36. The highest BCUT2D eigenvalue weighted by atomic mass is 16.7. The van der Waals surface area contributed by atoms with Gasteiger partial charge in [0.15, 0.2) is 22.8 Å². The van der Waals surface area contributed by atoms with Crippen molar-refractivity contribution in [2.45, 2.75) is 0 Å². The van der Waals surface area contributed by atoms with Gasteiger partial charge in [-0.3, -0.25) is 4.79 Å². The number of nitrogens with one attached hydrogen (secondary N) is 1. The lowest BCUT2D eigenvalue weighted by Gasteiger charge is -2.07. The van der Waals surface area contributed by atoms with Crippen LogP contribution in [0.4, 0.5) is 5.69 Å². The molecular weight excluding hydrogens is 338 g/mol. The fraction of sp³-hybridized carbons (Fsp3) is 0.0526. The Morgan fingerprint density at radius 1 is 1.08 bits per heavy atom. The second kappa shape index (κ2) is 6.29. The molecule has 2 aliphatic heterocycles. The van der Waals surface area contributed by atoms with Crippen LogP contribution in [0.15, 0.2) is 65.7 Å². The van der Waals surface area contributed by atoms with Gasteiger partial charge in [0.1, 0.15) is 0 Å². The highest BCUT2D eigenvalue weighted by molar-refractivity contribution is 6.26. The van der Waals surface area contributed by atoms with Gasteiger partial charge in [-0.15, -0.1) is 0 Å². The zero-order chi connectivity index (χ0) is 18.1. The lowest BCUT2D eigenvalue weighted by atomic mass is 10.1. The maximum atomic E-state index is 12.5. The number of fused-ring (bicyclic) bond motifs is 1. The average Bonchev–Trinajstić information content (AvgIpc) is 3.20. The van der Waals surface area contributed by atoms with Crippen molar-refractivity contribution in [2.75, 3.05) is 12.1 Å². The largest absolute Gasteiger partial charge is 0.477 e. The Balaban J connectivity index is 1.64. The predicted molar refractivity (Wildman–Crippen MR) is 91.4 cm³/mol. The predicted octanol–water partition coefficient (Wildman–Crippen LogP) is 2.76. The summed E-state index contributed by atoms with van der Waals surface area (Å²) in [6.07, 6.45) is 1.47. The standard InChI is InChI=1S/C19H13NO6/c21-17-15(9-11-6-7-13-14(8-11)25-10-24-13)26-18(16(17)19(22)23)20-12-4-2-1-3-5-12/h1-9,20H,10H2,(H,22,23)/b15-9-. The summed E-state index contributed by atoms with van der Waals surface area (Å²) >= 11 is 0. The van der Waals surface area contributed by atoms with E-state index < -0.39 is 17.3 Å². The number of carboxylic acid groups (broad SMARTS) is 1. The molecule has 0 spiro atoms. The van der Waals surface area contributed by atoms with E-state index in [0.717, 1.165) is 0 Å². The number of para-hydroxylation sites is 1. The molecule has 0 unspecified atom stereocenters. The van der Waals surface area contributed by atoms with Crippen molar-refractivity contribution in [1.29, 1.82) is 0 Å². The van der Waals surface area contributed by atoms with Crippen molar-refractivity contribution >= 4 is 23.5 Å². The van der Waals surface area contributed by atoms with Crippen LogP contribution in [0.25, 0.3) is 6.08 Å². The minimum atomic E-state index is -1.36. The molecule has 2 aromatic carbocycles. The second-order valence-corrected chi connectivity index (χ2v) is 5.55. The highest BCUT2D eigenvalue weighted by Crippen LogP contribution is 2.34. The van der Waals surface area contributed by atoms with Crippen molar-refractivity contribution in [3.63, 3.8) is 0 Å². The molecule has 0 bridgehead atoms. The number of anilines is 1. The van der Waals surface area contributed by atoms with E-state index in [4.69, 9.17) is 14.2 Å². The van der Waals surface area contributed by atoms with E-state index in [0.29, 0.717) is 22.7 Å². The van der Waals surface area contributed by atoms with Crippen molar-refractivity contribution < 1.29 is 28.9 Å². The third-order valence-electron chi connectivity index (χ3n) is 3.83. The average molecular weight is 351 g/mol. The van der Waals surface area contributed by atoms with Crippen LogP contribution in [0.3, 0.4) is 0 Å². The Labute approximate surface area is 148 Å². The smallest absolute Gasteiger partial charge is 0.345 e. The first-order valence-corrected chi connectivity index (χ1v) is 7.75. The lowest BCUT2D eigenvalue weighted by Crippen LogP contribution is -2.12. The number of hydrogen-bond donors (Lipinski definition) is 2. The fourth-order valence-corrected chi connectivity index (χ4v) is 2.62. The molecule has 2 aliphatic rings. The number of Topliss-reactive ketones (excluding diaryl/α,β-unsaturated/α-hetero) is 1. The lowest BCUT2D eigenvalue weighted by molar-refractivity contribution is -0.134. The van der Waals surface area contributed by atoms with Crippen LogP contribution in [0, 0.1) is 0 Å². The van der Waals surface area contributed by atoms with Crippen LogP contribution >= 0.6 is 0 Å². The molecule has 4 rings (SSSR count). The SMILES string of the molecule is O=C(O)C1=C(Nc2ccccc2)O/C(=C\c2ccc3c(c2)OCO3)C1=O. The van der Waals surface area contributed by atoms with Gasteiger partial charge in [-0.1, -0.05) is 24.3 Å². The Kier molecular flexibility index (Phi) is 3.81. The van der Waals surface area contributed by atoms with Gasteiger partial charge in [-0.2, -0.15) is 0 Å². The number of carbonyl (C=O) groups excluding carboxylic acids is 1. The third kappa shape index (κ3) is 2.86. The van der Waals surface area contributed by atoms with Gasteiger partial charge in [0.2, 0.25) is 18.5 Å². The van der Waals surface area contributed by atoms with Crippen LogP contribution in [0.2, 0.25) is 0 Å². The second-order valence-electron chi connectivity index (χ2n) is 5.55. The zero-order valence-electron chi connectivity index (χ0n) is 13.4. The molecular formula is C19H13NO6. The molecule has 0 atom stereocenters. The third-order valence-corrected chi connectivity index (χ3v) is 3.83. The first kappa shape index (κ1) is 15.8. The molecule has 0 fully saturated rings. The van der Waals surface area contributed by atoms with E-state index >= 15 is 0 Å². The molecule has 2 N–H and O–H groups in total. The van der Waals surface area contributed by atoms with Crippen molar-refractivity contribution in [1.82, 2.24) is 0 Å². The first-order chi connectivity index (χ1) is 12.6. The first-order valence-electron chi connectivity index (χ1n) is 7.75. The Morgan fingerprint density at radius 2 is 1.85 bits per heavy atom. The Hall–Kier alpha value is -3.74. The summed E-state index contributed by atoms with van der Waals surface area (Å²) in [5.74, 6) is -1.09.